The molecule has 0 bridgehead atoms. The Kier molecular flexibility index (Phi) is 5.24. The molecule has 1 fully saturated rings. The van der Waals surface area contributed by atoms with E-state index in [0.29, 0.717) is 0 Å². The van der Waals surface area contributed by atoms with E-state index in [0.717, 1.165) is 31.8 Å². The van der Waals surface area contributed by atoms with Crippen molar-refractivity contribution in [2.24, 2.45) is 11.7 Å². The van der Waals surface area contributed by atoms with Crippen molar-refractivity contribution in [1.29, 1.82) is 5.26 Å². The van der Waals surface area contributed by atoms with Crippen molar-refractivity contribution in [2.75, 3.05) is 19.6 Å². The lowest BCUT2D eigenvalue weighted by Crippen LogP contribution is -2.37. The SMILES string of the molecule is CCN(CCCC(C)(N)C#N)CC1CCC1. The van der Waals surface area contributed by atoms with Crippen LogP contribution < -0.4 is 5.73 Å². The van der Waals surface area contributed by atoms with Crippen LogP contribution in [-0.4, -0.2) is 30.1 Å². The lowest BCUT2D eigenvalue weighted by Gasteiger charge is -2.32. The second-order valence-electron chi connectivity index (χ2n) is 5.32. The average Bonchev–Trinajstić information content (AvgIpc) is 2.20. The minimum atomic E-state index is -0.643. The average molecular weight is 223 g/mol. The van der Waals surface area contributed by atoms with Gasteiger partial charge in [-0.05, 0) is 51.6 Å². The quantitative estimate of drug-likeness (QED) is 0.719. The van der Waals surface area contributed by atoms with E-state index >= 15 is 0 Å². The van der Waals surface area contributed by atoms with Gasteiger partial charge in [-0.2, -0.15) is 5.26 Å². The van der Waals surface area contributed by atoms with E-state index in [2.05, 4.69) is 17.9 Å². The van der Waals surface area contributed by atoms with Crippen LogP contribution in [0.2, 0.25) is 0 Å². The standard InChI is InChI=1S/C13H25N3/c1-3-16(10-12-6-4-7-12)9-5-8-13(2,15)11-14/h12H,3-10,15H2,1-2H3. The summed E-state index contributed by atoms with van der Waals surface area (Å²) in [6.45, 7) is 7.47. The van der Waals surface area contributed by atoms with Crippen LogP contribution in [0.4, 0.5) is 0 Å². The van der Waals surface area contributed by atoms with Crippen LogP contribution in [0.3, 0.4) is 0 Å². The maximum absolute atomic E-state index is 8.82. The number of rotatable bonds is 7. The molecular weight excluding hydrogens is 198 g/mol. The highest BCUT2D eigenvalue weighted by molar-refractivity contribution is 5.00. The monoisotopic (exact) mass is 223 g/mol. The minimum Gasteiger partial charge on any atom is -0.314 e. The zero-order valence-electron chi connectivity index (χ0n) is 10.7. The van der Waals surface area contributed by atoms with E-state index < -0.39 is 5.54 Å². The Morgan fingerprint density at radius 2 is 2.19 bits per heavy atom. The highest BCUT2D eigenvalue weighted by Gasteiger charge is 2.21. The summed E-state index contributed by atoms with van der Waals surface area (Å²) < 4.78 is 0. The maximum Gasteiger partial charge on any atom is 0.101 e. The topological polar surface area (TPSA) is 53.0 Å². The number of nitrogens with two attached hydrogens (primary N) is 1. The van der Waals surface area contributed by atoms with Crippen molar-refractivity contribution in [3.8, 4) is 6.07 Å². The van der Waals surface area contributed by atoms with Gasteiger partial charge in [0.25, 0.3) is 0 Å². The smallest absolute Gasteiger partial charge is 0.101 e. The number of nitrogens with zero attached hydrogens (tertiary/aromatic N) is 2. The summed E-state index contributed by atoms with van der Waals surface area (Å²) in [5.74, 6) is 0.931. The fraction of sp³-hybridized carbons (Fsp3) is 0.923. The van der Waals surface area contributed by atoms with E-state index in [1.54, 1.807) is 0 Å². The lowest BCUT2D eigenvalue weighted by molar-refractivity contribution is 0.180. The highest BCUT2D eigenvalue weighted by Crippen LogP contribution is 2.27. The molecule has 1 aliphatic carbocycles. The maximum atomic E-state index is 8.82. The summed E-state index contributed by atoms with van der Waals surface area (Å²) >= 11 is 0. The van der Waals surface area contributed by atoms with Crippen LogP contribution in [0, 0.1) is 17.2 Å². The van der Waals surface area contributed by atoms with Crippen LogP contribution in [-0.2, 0) is 0 Å². The fourth-order valence-corrected chi connectivity index (χ4v) is 2.14. The molecule has 0 heterocycles. The van der Waals surface area contributed by atoms with E-state index in [4.69, 9.17) is 11.0 Å². The summed E-state index contributed by atoms with van der Waals surface area (Å²) in [4.78, 5) is 2.50. The molecule has 1 unspecified atom stereocenters. The van der Waals surface area contributed by atoms with Gasteiger partial charge in [0, 0.05) is 6.54 Å². The van der Waals surface area contributed by atoms with Gasteiger partial charge in [0.1, 0.15) is 5.54 Å². The first-order valence-electron chi connectivity index (χ1n) is 6.50. The molecule has 0 amide bonds. The minimum absolute atomic E-state index is 0.643. The van der Waals surface area contributed by atoms with E-state index in [1.807, 2.05) is 6.92 Å². The molecule has 3 heteroatoms. The molecule has 92 valence electrons. The normalized spacial score (nSPS) is 20.2. The third-order valence-electron chi connectivity index (χ3n) is 3.61. The lowest BCUT2D eigenvalue weighted by atomic mass is 9.85. The van der Waals surface area contributed by atoms with Crippen molar-refractivity contribution < 1.29 is 0 Å². The molecule has 1 saturated carbocycles. The Morgan fingerprint density at radius 1 is 1.50 bits per heavy atom. The molecule has 0 radical (unpaired) electrons. The summed E-state index contributed by atoms with van der Waals surface area (Å²) in [6.07, 6.45) is 6.05. The predicted molar refractivity (Wildman–Crippen MR) is 66.9 cm³/mol. The van der Waals surface area contributed by atoms with Gasteiger partial charge >= 0.3 is 0 Å². The summed E-state index contributed by atoms with van der Waals surface area (Å²) in [7, 11) is 0. The van der Waals surface area contributed by atoms with E-state index in [9.17, 15) is 0 Å². The van der Waals surface area contributed by atoms with Crippen molar-refractivity contribution in [1.82, 2.24) is 4.90 Å². The molecular formula is C13H25N3. The molecule has 1 aliphatic rings. The highest BCUT2D eigenvalue weighted by atomic mass is 15.1. The van der Waals surface area contributed by atoms with Gasteiger partial charge in [0.05, 0.1) is 6.07 Å². The Labute approximate surface area is 99.6 Å². The molecule has 1 atom stereocenters. The first kappa shape index (κ1) is 13.5. The van der Waals surface area contributed by atoms with Crippen molar-refractivity contribution in [2.45, 2.75) is 51.5 Å². The molecule has 0 aromatic rings. The first-order chi connectivity index (χ1) is 7.57. The molecule has 0 saturated heterocycles. The van der Waals surface area contributed by atoms with Gasteiger partial charge in [0.2, 0.25) is 0 Å². The summed E-state index contributed by atoms with van der Waals surface area (Å²) in [5.41, 5.74) is 5.16. The van der Waals surface area contributed by atoms with Crippen molar-refractivity contribution >= 4 is 0 Å². The molecule has 0 aromatic carbocycles. The fourth-order valence-electron chi connectivity index (χ4n) is 2.14. The molecule has 0 aromatic heterocycles. The third-order valence-corrected chi connectivity index (χ3v) is 3.61. The van der Waals surface area contributed by atoms with Crippen LogP contribution in [0.25, 0.3) is 0 Å². The van der Waals surface area contributed by atoms with Gasteiger partial charge < -0.3 is 10.6 Å². The van der Waals surface area contributed by atoms with Gasteiger partial charge in [0.15, 0.2) is 0 Å². The molecule has 3 nitrogen and oxygen atoms in total. The molecule has 0 aliphatic heterocycles. The largest absolute Gasteiger partial charge is 0.314 e. The Balaban J connectivity index is 2.16. The zero-order chi connectivity index (χ0) is 12.0. The predicted octanol–water partition coefficient (Wildman–Crippen LogP) is 2.13. The Morgan fingerprint density at radius 3 is 2.62 bits per heavy atom. The zero-order valence-corrected chi connectivity index (χ0v) is 10.7. The van der Waals surface area contributed by atoms with Gasteiger partial charge in [-0.25, -0.2) is 0 Å². The van der Waals surface area contributed by atoms with E-state index in [-0.39, 0.29) is 0 Å². The number of hydrogen-bond acceptors (Lipinski definition) is 3. The van der Waals surface area contributed by atoms with Crippen molar-refractivity contribution in [3.63, 3.8) is 0 Å². The van der Waals surface area contributed by atoms with Crippen molar-refractivity contribution in [3.05, 3.63) is 0 Å². The molecule has 1 rings (SSSR count). The first-order valence-corrected chi connectivity index (χ1v) is 6.50. The van der Waals surface area contributed by atoms with Gasteiger partial charge in [-0.3, -0.25) is 0 Å². The molecule has 2 N–H and O–H groups in total. The second kappa shape index (κ2) is 6.22. The van der Waals surface area contributed by atoms with Gasteiger partial charge in [-0.1, -0.05) is 13.3 Å². The van der Waals surface area contributed by atoms with Crippen LogP contribution in [0.15, 0.2) is 0 Å². The third kappa shape index (κ3) is 4.51. The number of hydrogen-bond donors (Lipinski definition) is 1. The van der Waals surface area contributed by atoms with Crippen LogP contribution >= 0.6 is 0 Å². The number of nitriles is 1. The summed E-state index contributed by atoms with van der Waals surface area (Å²) in [6, 6.07) is 2.16. The summed E-state index contributed by atoms with van der Waals surface area (Å²) in [5, 5.41) is 8.82. The molecule has 16 heavy (non-hydrogen) atoms. The second-order valence-corrected chi connectivity index (χ2v) is 5.32. The Bertz CT molecular complexity index is 238. The van der Waals surface area contributed by atoms with E-state index in [1.165, 1.54) is 25.8 Å². The van der Waals surface area contributed by atoms with Crippen LogP contribution in [0.5, 0.6) is 0 Å². The van der Waals surface area contributed by atoms with Crippen LogP contribution in [0.1, 0.15) is 46.0 Å². The molecule has 0 spiro atoms. The van der Waals surface area contributed by atoms with Gasteiger partial charge in [-0.15, -0.1) is 0 Å². The Hall–Kier alpha value is -0.590.